The molecule has 0 amide bonds. The maximum Gasteiger partial charge on any atom is 0.0462 e. The highest BCUT2D eigenvalue weighted by Gasteiger charge is 1.89. The first-order valence-electron chi connectivity index (χ1n) is 4.39. The second kappa shape index (κ2) is 9.92. The van der Waals surface area contributed by atoms with Crippen molar-refractivity contribution in [3.05, 3.63) is 0 Å². The van der Waals surface area contributed by atoms with Crippen LogP contribution in [0.2, 0.25) is 0 Å². The first-order chi connectivity index (χ1) is 5.41. The quantitative estimate of drug-likeness (QED) is 0.507. The van der Waals surface area contributed by atoms with Gasteiger partial charge in [0, 0.05) is 27.4 Å². The van der Waals surface area contributed by atoms with Gasteiger partial charge < -0.3 is 9.47 Å². The Morgan fingerprint density at radius 3 is 1.36 bits per heavy atom. The van der Waals surface area contributed by atoms with E-state index >= 15 is 0 Å². The molecule has 0 aromatic carbocycles. The Bertz CT molecular complexity index is 56.6. The van der Waals surface area contributed by atoms with Crippen LogP contribution in [0, 0.1) is 0 Å². The van der Waals surface area contributed by atoms with Gasteiger partial charge in [0.05, 0.1) is 0 Å². The average Bonchev–Trinajstić information content (AvgIpc) is 2.03. The Kier molecular flexibility index (Phi) is 9.85. The van der Waals surface area contributed by atoms with Crippen LogP contribution in [0.25, 0.3) is 0 Å². The van der Waals surface area contributed by atoms with Crippen molar-refractivity contribution in [3.8, 4) is 0 Å². The third-order valence-corrected chi connectivity index (χ3v) is 1.70. The highest BCUT2D eigenvalue weighted by Crippen LogP contribution is 2.02. The number of ether oxygens (including phenoxy) is 2. The standard InChI is InChI=1S/C9H20O2/c1-10-8-6-4-3-5-7-9-11-2/h3-9H2,1-2H3. The van der Waals surface area contributed by atoms with E-state index in [1.165, 1.54) is 32.1 Å². The molecule has 0 rings (SSSR count). The predicted molar refractivity (Wildman–Crippen MR) is 46.8 cm³/mol. The number of hydrogen-bond acceptors (Lipinski definition) is 2. The summed E-state index contributed by atoms with van der Waals surface area (Å²) in [7, 11) is 3.51. The molecule has 11 heavy (non-hydrogen) atoms. The summed E-state index contributed by atoms with van der Waals surface area (Å²) in [5.74, 6) is 0. The SMILES string of the molecule is COCCCCCCCOC. The van der Waals surface area contributed by atoms with E-state index in [2.05, 4.69) is 0 Å². The van der Waals surface area contributed by atoms with Gasteiger partial charge in [0.25, 0.3) is 0 Å². The van der Waals surface area contributed by atoms with Crippen LogP contribution in [-0.2, 0) is 9.47 Å². The van der Waals surface area contributed by atoms with E-state index in [1.54, 1.807) is 14.2 Å². The monoisotopic (exact) mass is 160 g/mol. The lowest BCUT2D eigenvalue weighted by Crippen LogP contribution is -1.90. The van der Waals surface area contributed by atoms with Crippen molar-refractivity contribution in [3.63, 3.8) is 0 Å². The smallest absolute Gasteiger partial charge is 0.0462 e. The Morgan fingerprint density at radius 1 is 0.636 bits per heavy atom. The summed E-state index contributed by atoms with van der Waals surface area (Å²) in [5, 5.41) is 0. The fraction of sp³-hybridized carbons (Fsp3) is 1.00. The maximum atomic E-state index is 4.94. The maximum absolute atomic E-state index is 4.94. The molecule has 0 radical (unpaired) electrons. The largest absolute Gasteiger partial charge is 0.385 e. The molecule has 0 spiro atoms. The normalized spacial score (nSPS) is 10.4. The van der Waals surface area contributed by atoms with Gasteiger partial charge >= 0.3 is 0 Å². The average molecular weight is 160 g/mol. The molecule has 0 N–H and O–H groups in total. The molecule has 2 nitrogen and oxygen atoms in total. The summed E-state index contributed by atoms with van der Waals surface area (Å²) in [6.07, 6.45) is 6.29. The second-order valence-electron chi connectivity index (χ2n) is 2.75. The van der Waals surface area contributed by atoms with Gasteiger partial charge in [-0.3, -0.25) is 0 Å². The van der Waals surface area contributed by atoms with E-state index in [9.17, 15) is 0 Å². The summed E-state index contributed by atoms with van der Waals surface area (Å²) >= 11 is 0. The summed E-state index contributed by atoms with van der Waals surface area (Å²) in [6, 6.07) is 0. The van der Waals surface area contributed by atoms with E-state index in [-0.39, 0.29) is 0 Å². The Hall–Kier alpha value is -0.0800. The molecule has 0 atom stereocenters. The van der Waals surface area contributed by atoms with Gasteiger partial charge in [-0.1, -0.05) is 19.3 Å². The third-order valence-electron chi connectivity index (χ3n) is 1.70. The van der Waals surface area contributed by atoms with Gasteiger partial charge in [-0.05, 0) is 12.8 Å². The molecule has 0 saturated carbocycles. The van der Waals surface area contributed by atoms with Gasteiger partial charge in [0.1, 0.15) is 0 Å². The zero-order valence-electron chi connectivity index (χ0n) is 7.77. The molecule has 0 unspecified atom stereocenters. The molecular formula is C9H20O2. The van der Waals surface area contributed by atoms with Crippen molar-refractivity contribution in [1.82, 2.24) is 0 Å². The minimum absolute atomic E-state index is 0.907. The minimum Gasteiger partial charge on any atom is -0.385 e. The van der Waals surface area contributed by atoms with Gasteiger partial charge in [-0.25, -0.2) is 0 Å². The second-order valence-corrected chi connectivity index (χ2v) is 2.75. The summed E-state index contributed by atoms with van der Waals surface area (Å²) in [6.45, 7) is 1.81. The van der Waals surface area contributed by atoms with E-state index in [4.69, 9.17) is 9.47 Å². The fourth-order valence-corrected chi connectivity index (χ4v) is 1.02. The molecule has 0 aliphatic rings. The lowest BCUT2D eigenvalue weighted by Gasteiger charge is -1.99. The van der Waals surface area contributed by atoms with Gasteiger partial charge in [-0.15, -0.1) is 0 Å². The first-order valence-corrected chi connectivity index (χ1v) is 4.39. The molecule has 0 aromatic heterocycles. The highest BCUT2D eigenvalue weighted by atomic mass is 16.5. The molecule has 0 bridgehead atoms. The topological polar surface area (TPSA) is 18.5 Å². The lowest BCUT2D eigenvalue weighted by molar-refractivity contribution is 0.185. The summed E-state index contributed by atoms with van der Waals surface area (Å²) in [4.78, 5) is 0. The van der Waals surface area contributed by atoms with Crippen molar-refractivity contribution in [2.45, 2.75) is 32.1 Å². The van der Waals surface area contributed by atoms with E-state index < -0.39 is 0 Å². The van der Waals surface area contributed by atoms with Crippen LogP contribution in [0.3, 0.4) is 0 Å². The van der Waals surface area contributed by atoms with Crippen molar-refractivity contribution in [1.29, 1.82) is 0 Å². The fourth-order valence-electron chi connectivity index (χ4n) is 1.02. The minimum atomic E-state index is 0.907. The van der Waals surface area contributed by atoms with Crippen molar-refractivity contribution < 1.29 is 9.47 Å². The zero-order valence-corrected chi connectivity index (χ0v) is 7.77. The van der Waals surface area contributed by atoms with E-state index in [0.29, 0.717) is 0 Å². The molecule has 0 heterocycles. The van der Waals surface area contributed by atoms with Crippen molar-refractivity contribution >= 4 is 0 Å². The Balaban J connectivity index is 2.69. The van der Waals surface area contributed by atoms with Gasteiger partial charge in [0.2, 0.25) is 0 Å². The Morgan fingerprint density at radius 2 is 1.00 bits per heavy atom. The number of unbranched alkanes of at least 4 members (excludes halogenated alkanes) is 4. The van der Waals surface area contributed by atoms with Crippen LogP contribution in [0.15, 0.2) is 0 Å². The summed E-state index contributed by atoms with van der Waals surface area (Å²) in [5.41, 5.74) is 0. The lowest BCUT2D eigenvalue weighted by atomic mass is 10.1. The van der Waals surface area contributed by atoms with E-state index in [0.717, 1.165) is 13.2 Å². The third kappa shape index (κ3) is 9.92. The number of methoxy groups -OCH3 is 2. The van der Waals surface area contributed by atoms with Crippen LogP contribution in [0.1, 0.15) is 32.1 Å². The van der Waals surface area contributed by atoms with Crippen LogP contribution in [0.5, 0.6) is 0 Å². The van der Waals surface area contributed by atoms with Crippen molar-refractivity contribution in [2.75, 3.05) is 27.4 Å². The molecule has 0 fully saturated rings. The number of rotatable bonds is 8. The molecule has 0 aliphatic carbocycles. The predicted octanol–water partition coefficient (Wildman–Crippen LogP) is 2.23. The van der Waals surface area contributed by atoms with Crippen LogP contribution < -0.4 is 0 Å². The first kappa shape index (κ1) is 10.9. The molecular weight excluding hydrogens is 140 g/mol. The summed E-state index contributed by atoms with van der Waals surface area (Å²) < 4.78 is 9.89. The highest BCUT2D eigenvalue weighted by molar-refractivity contribution is 4.42. The molecule has 2 heteroatoms. The molecule has 68 valence electrons. The van der Waals surface area contributed by atoms with Crippen molar-refractivity contribution in [2.24, 2.45) is 0 Å². The molecule has 0 saturated heterocycles. The van der Waals surface area contributed by atoms with Crippen LogP contribution in [-0.4, -0.2) is 27.4 Å². The number of hydrogen-bond donors (Lipinski definition) is 0. The molecule has 0 aromatic rings. The van der Waals surface area contributed by atoms with E-state index in [1.807, 2.05) is 0 Å². The van der Waals surface area contributed by atoms with Gasteiger partial charge in [-0.2, -0.15) is 0 Å². The van der Waals surface area contributed by atoms with Crippen LogP contribution in [0.4, 0.5) is 0 Å². The van der Waals surface area contributed by atoms with Gasteiger partial charge in [0.15, 0.2) is 0 Å². The zero-order chi connectivity index (χ0) is 8.36. The van der Waals surface area contributed by atoms with Crippen LogP contribution >= 0.6 is 0 Å². The Labute approximate surface area is 69.9 Å². The molecule has 0 aliphatic heterocycles.